The SMILES string of the molecule is CCOC1CC(N)(CN(C)Cc2csc(Br)c2)C1(C)C. The second-order valence-electron chi connectivity index (χ2n) is 6.46. The topological polar surface area (TPSA) is 38.5 Å². The molecule has 1 fully saturated rings. The summed E-state index contributed by atoms with van der Waals surface area (Å²) >= 11 is 5.24. The van der Waals surface area contributed by atoms with Crippen LogP contribution in [0.4, 0.5) is 0 Å². The van der Waals surface area contributed by atoms with Crippen LogP contribution in [0.15, 0.2) is 15.2 Å². The molecule has 1 saturated carbocycles. The van der Waals surface area contributed by atoms with E-state index in [1.165, 1.54) is 9.35 Å². The highest BCUT2D eigenvalue weighted by molar-refractivity contribution is 9.11. The van der Waals surface area contributed by atoms with Gasteiger partial charge in [-0.2, -0.15) is 0 Å². The smallest absolute Gasteiger partial charge is 0.0701 e. The van der Waals surface area contributed by atoms with Gasteiger partial charge in [0.05, 0.1) is 9.89 Å². The summed E-state index contributed by atoms with van der Waals surface area (Å²) in [5.74, 6) is 0. The van der Waals surface area contributed by atoms with E-state index in [0.717, 1.165) is 26.1 Å². The van der Waals surface area contributed by atoms with Crippen molar-refractivity contribution in [2.24, 2.45) is 11.1 Å². The first-order valence-corrected chi connectivity index (χ1v) is 8.77. The van der Waals surface area contributed by atoms with Crippen LogP contribution in [0.2, 0.25) is 0 Å². The van der Waals surface area contributed by atoms with Crippen LogP contribution in [-0.4, -0.2) is 36.7 Å². The number of rotatable bonds is 6. The molecule has 1 heterocycles. The molecule has 1 aliphatic rings. The van der Waals surface area contributed by atoms with Crippen molar-refractivity contribution in [1.29, 1.82) is 0 Å². The maximum absolute atomic E-state index is 6.63. The summed E-state index contributed by atoms with van der Waals surface area (Å²) in [6.07, 6.45) is 1.24. The fourth-order valence-electron chi connectivity index (χ4n) is 3.05. The van der Waals surface area contributed by atoms with Gasteiger partial charge in [0.15, 0.2) is 0 Å². The highest BCUT2D eigenvalue weighted by Crippen LogP contribution is 2.50. The third-order valence-electron chi connectivity index (χ3n) is 4.63. The van der Waals surface area contributed by atoms with E-state index in [1.54, 1.807) is 11.3 Å². The number of thiophene rings is 1. The number of ether oxygens (including phenoxy) is 1. The molecule has 2 rings (SSSR count). The van der Waals surface area contributed by atoms with Crippen molar-refractivity contribution < 1.29 is 4.74 Å². The van der Waals surface area contributed by atoms with E-state index in [4.69, 9.17) is 10.5 Å². The Morgan fingerprint density at radius 2 is 2.25 bits per heavy atom. The predicted octanol–water partition coefficient (Wildman–Crippen LogP) is 3.47. The Hall–Kier alpha value is 0.0600. The normalized spacial score (nSPS) is 28.6. The van der Waals surface area contributed by atoms with E-state index in [9.17, 15) is 0 Å². The fraction of sp³-hybridized carbons (Fsp3) is 0.733. The maximum atomic E-state index is 6.63. The average molecular weight is 361 g/mol. The summed E-state index contributed by atoms with van der Waals surface area (Å²) in [6, 6.07) is 2.18. The van der Waals surface area contributed by atoms with Gasteiger partial charge in [0.2, 0.25) is 0 Å². The molecule has 2 atom stereocenters. The van der Waals surface area contributed by atoms with Gasteiger partial charge in [-0.25, -0.2) is 0 Å². The Kier molecular flexibility index (Phi) is 4.97. The quantitative estimate of drug-likeness (QED) is 0.843. The zero-order valence-electron chi connectivity index (χ0n) is 12.8. The van der Waals surface area contributed by atoms with E-state index in [2.05, 4.69) is 53.2 Å². The van der Waals surface area contributed by atoms with Crippen LogP contribution >= 0.6 is 27.3 Å². The first kappa shape index (κ1) is 16.4. The lowest BCUT2D eigenvalue weighted by Gasteiger charge is -2.60. The number of nitrogens with two attached hydrogens (primary N) is 1. The molecule has 0 aromatic carbocycles. The summed E-state index contributed by atoms with van der Waals surface area (Å²) in [4.78, 5) is 2.32. The van der Waals surface area contributed by atoms with Gasteiger partial charge >= 0.3 is 0 Å². The number of hydrogen-bond donors (Lipinski definition) is 1. The number of likely N-dealkylation sites (N-methyl/N-ethyl adjacent to an activating group) is 1. The Morgan fingerprint density at radius 3 is 2.75 bits per heavy atom. The van der Waals surface area contributed by atoms with Gasteiger partial charge in [0.1, 0.15) is 0 Å². The molecule has 3 nitrogen and oxygen atoms in total. The van der Waals surface area contributed by atoms with Gasteiger partial charge in [0.25, 0.3) is 0 Å². The molecule has 1 aromatic rings. The van der Waals surface area contributed by atoms with Crippen molar-refractivity contribution in [1.82, 2.24) is 4.90 Å². The molecule has 0 saturated heterocycles. The second kappa shape index (κ2) is 6.05. The van der Waals surface area contributed by atoms with Crippen LogP contribution in [0.25, 0.3) is 0 Å². The van der Waals surface area contributed by atoms with Gasteiger partial charge in [-0.15, -0.1) is 11.3 Å². The summed E-state index contributed by atoms with van der Waals surface area (Å²) in [5, 5.41) is 2.19. The highest BCUT2D eigenvalue weighted by Gasteiger charge is 2.58. The van der Waals surface area contributed by atoms with E-state index in [1.807, 2.05) is 6.92 Å². The van der Waals surface area contributed by atoms with Crippen LogP contribution in [-0.2, 0) is 11.3 Å². The minimum atomic E-state index is -0.158. The number of hydrogen-bond acceptors (Lipinski definition) is 4. The van der Waals surface area contributed by atoms with Crippen molar-refractivity contribution in [3.8, 4) is 0 Å². The van der Waals surface area contributed by atoms with E-state index in [-0.39, 0.29) is 11.0 Å². The molecular formula is C15H25BrN2OS. The maximum Gasteiger partial charge on any atom is 0.0701 e. The fourth-order valence-corrected chi connectivity index (χ4v) is 4.25. The molecule has 114 valence electrons. The molecule has 2 unspecified atom stereocenters. The molecule has 1 aromatic heterocycles. The molecule has 0 aliphatic heterocycles. The van der Waals surface area contributed by atoms with Gasteiger partial charge in [0, 0.05) is 30.7 Å². The van der Waals surface area contributed by atoms with Crippen LogP contribution < -0.4 is 5.73 Å². The lowest BCUT2D eigenvalue weighted by atomic mass is 9.54. The Bertz CT molecular complexity index is 462. The monoisotopic (exact) mass is 360 g/mol. The molecule has 0 bridgehead atoms. The van der Waals surface area contributed by atoms with Gasteiger partial charge in [-0.1, -0.05) is 13.8 Å². The zero-order valence-corrected chi connectivity index (χ0v) is 15.2. The molecule has 0 amide bonds. The largest absolute Gasteiger partial charge is 0.378 e. The van der Waals surface area contributed by atoms with Crippen LogP contribution in [0.3, 0.4) is 0 Å². The molecular weight excluding hydrogens is 336 g/mol. The molecule has 5 heteroatoms. The molecule has 20 heavy (non-hydrogen) atoms. The molecule has 0 radical (unpaired) electrons. The lowest BCUT2D eigenvalue weighted by Crippen LogP contribution is -2.73. The second-order valence-corrected chi connectivity index (χ2v) is 8.75. The Balaban J connectivity index is 1.92. The van der Waals surface area contributed by atoms with Crippen molar-refractivity contribution >= 4 is 27.3 Å². The molecule has 0 spiro atoms. The first-order chi connectivity index (χ1) is 9.28. The third-order valence-corrected chi connectivity index (χ3v) is 6.19. The minimum Gasteiger partial charge on any atom is -0.378 e. The Labute approximate surface area is 134 Å². The zero-order chi connectivity index (χ0) is 15.0. The van der Waals surface area contributed by atoms with Crippen LogP contribution in [0.5, 0.6) is 0 Å². The summed E-state index contributed by atoms with van der Waals surface area (Å²) in [7, 11) is 2.14. The van der Waals surface area contributed by atoms with Crippen molar-refractivity contribution in [2.45, 2.75) is 45.4 Å². The molecule has 2 N–H and O–H groups in total. The van der Waals surface area contributed by atoms with Crippen molar-refractivity contribution in [3.63, 3.8) is 0 Å². The van der Waals surface area contributed by atoms with Crippen molar-refractivity contribution in [3.05, 3.63) is 20.8 Å². The molecule has 1 aliphatic carbocycles. The van der Waals surface area contributed by atoms with Crippen LogP contribution in [0.1, 0.15) is 32.8 Å². The van der Waals surface area contributed by atoms with E-state index >= 15 is 0 Å². The standard InChI is InChI=1S/C15H25BrN2OS/c1-5-19-12-7-15(17,14(12,2)3)10-18(4)8-11-6-13(16)20-9-11/h6,9,12H,5,7-8,10,17H2,1-4H3. The minimum absolute atomic E-state index is 0.0342. The highest BCUT2D eigenvalue weighted by atomic mass is 79.9. The number of nitrogens with zero attached hydrogens (tertiary/aromatic N) is 1. The van der Waals surface area contributed by atoms with Gasteiger partial charge < -0.3 is 15.4 Å². The van der Waals surface area contributed by atoms with Gasteiger partial charge in [-0.3, -0.25) is 0 Å². The van der Waals surface area contributed by atoms with Crippen molar-refractivity contribution in [2.75, 3.05) is 20.2 Å². The third kappa shape index (κ3) is 3.12. The summed E-state index contributed by atoms with van der Waals surface area (Å²) in [5.41, 5.74) is 7.85. The Morgan fingerprint density at radius 1 is 1.55 bits per heavy atom. The van der Waals surface area contributed by atoms with E-state index < -0.39 is 0 Å². The number of halogens is 1. The van der Waals surface area contributed by atoms with E-state index in [0.29, 0.717) is 6.10 Å². The average Bonchev–Trinajstić information content (AvgIpc) is 2.74. The lowest BCUT2D eigenvalue weighted by molar-refractivity contribution is -0.155. The summed E-state index contributed by atoms with van der Waals surface area (Å²) in [6.45, 7) is 9.11. The van der Waals surface area contributed by atoms with Gasteiger partial charge in [-0.05, 0) is 53.3 Å². The van der Waals surface area contributed by atoms with Crippen LogP contribution in [0, 0.1) is 5.41 Å². The summed E-state index contributed by atoms with van der Waals surface area (Å²) < 4.78 is 6.97. The first-order valence-electron chi connectivity index (χ1n) is 7.10. The predicted molar refractivity (Wildman–Crippen MR) is 89.1 cm³/mol.